The highest BCUT2D eigenvalue weighted by Crippen LogP contribution is 2.19. The number of hydrogen-bond acceptors (Lipinski definition) is 5. The Hall–Kier alpha value is -0.290. The lowest BCUT2D eigenvalue weighted by molar-refractivity contribution is -0.143. The van der Waals surface area contributed by atoms with Gasteiger partial charge in [-0.25, -0.2) is 0 Å². The van der Waals surface area contributed by atoms with Gasteiger partial charge in [-0.05, 0) is 33.0 Å². The lowest BCUT2D eigenvalue weighted by atomic mass is 10.2. The van der Waals surface area contributed by atoms with Crippen molar-refractivity contribution < 1.29 is 14.3 Å². The van der Waals surface area contributed by atoms with Gasteiger partial charge in [-0.2, -0.15) is 12.6 Å². The van der Waals surface area contributed by atoms with E-state index in [9.17, 15) is 4.79 Å². The summed E-state index contributed by atoms with van der Waals surface area (Å²) in [5.41, 5.74) is 0. The topological polar surface area (TPSA) is 35.5 Å². The molecule has 0 saturated carbocycles. The molecular weight excluding hydrogens is 208 g/mol. The van der Waals surface area contributed by atoms with Crippen LogP contribution in [0.4, 0.5) is 0 Å². The minimum absolute atomic E-state index is 0.150. The lowest BCUT2D eigenvalue weighted by Crippen LogP contribution is -2.40. The van der Waals surface area contributed by atoms with Crippen LogP contribution in [0.3, 0.4) is 0 Å². The minimum atomic E-state index is -1.14. The van der Waals surface area contributed by atoms with Gasteiger partial charge in [0.25, 0.3) is 0 Å². The van der Waals surface area contributed by atoms with Crippen molar-refractivity contribution in [2.45, 2.75) is 25.5 Å². The van der Waals surface area contributed by atoms with Gasteiger partial charge in [0, 0.05) is 0 Å². The molecule has 0 aliphatic rings. The summed E-state index contributed by atoms with van der Waals surface area (Å²) in [6, 6.07) is 0. The number of rotatable bonds is 4. The van der Waals surface area contributed by atoms with E-state index >= 15 is 0 Å². The van der Waals surface area contributed by atoms with Gasteiger partial charge in [0.15, 0.2) is 9.80 Å². The molecule has 13 heavy (non-hydrogen) atoms. The van der Waals surface area contributed by atoms with Crippen molar-refractivity contribution in [1.82, 2.24) is 0 Å². The van der Waals surface area contributed by atoms with E-state index in [0.29, 0.717) is 13.2 Å². The first kappa shape index (κ1) is 12.7. The van der Waals surface area contributed by atoms with Gasteiger partial charge in [-0.1, -0.05) is 0 Å². The summed E-state index contributed by atoms with van der Waals surface area (Å²) in [5.74, 6) is -0.475. The Morgan fingerprint density at radius 3 is 2.23 bits per heavy atom. The van der Waals surface area contributed by atoms with E-state index in [-0.39, 0.29) is 5.05 Å². The van der Waals surface area contributed by atoms with Crippen LogP contribution in [0, 0.1) is 0 Å². The van der Waals surface area contributed by atoms with E-state index in [2.05, 4.69) is 12.6 Å². The van der Waals surface area contributed by atoms with Crippen LogP contribution in [0.25, 0.3) is 0 Å². The summed E-state index contributed by atoms with van der Waals surface area (Å²) >= 11 is 8.98. The zero-order valence-electron chi connectivity index (χ0n) is 7.99. The maximum Gasteiger partial charge on any atom is 0.330 e. The van der Waals surface area contributed by atoms with Gasteiger partial charge in [-0.3, -0.25) is 4.79 Å². The van der Waals surface area contributed by atoms with Gasteiger partial charge >= 0.3 is 5.97 Å². The van der Waals surface area contributed by atoms with Crippen LogP contribution in [-0.2, 0) is 14.3 Å². The summed E-state index contributed by atoms with van der Waals surface area (Å²) in [6.07, 6.45) is 0. The molecule has 0 radical (unpaired) electrons. The van der Waals surface area contributed by atoms with Gasteiger partial charge in [0.2, 0.25) is 0 Å². The second-order valence-corrected chi connectivity index (χ2v) is 3.78. The molecular formula is C8H14O3S2. The second kappa shape index (κ2) is 5.44. The number of carbonyl (C=O) groups excluding carboxylic acids is 1. The molecule has 0 amide bonds. The van der Waals surface area contributed by atoms with Gasteiger partial charge in [0.1, 0.15) is 0 Å². The van der Waals surface area contributed by atoms with E-state index in [1.807, 2.05) is 0 Å². The van der Waals surface area contributed by atoms with Gasteiger partial charge in [0.05, 0.1) is 13.2 Å². The molecule has 1 atom stereocenters. The van der Waals surface area contributed by atoms with Crippen LogP contribution >= 0.6 is 24.8 Å². The monoisotopic (exact) mass is 222 g/mol. The molecule has 0 aliphatic carbocycles. The van der Waals surface area contributed by atoms with Crippen LogP contribution in [-0.4, -0.2) is 29.0 Å². The van der Waals surface area contributed by atoms with Crippen molar-refractivity contribution in [2.75, 3.05) is 13.2 Å². The maximum absolute atomic E-state index is 11.3. The molecule has 3 nitrogen and oxygen atoms in total. The largest absolute Gasteiger partial charge is 0.485 e. The Kier molecular flexibility index (Phi) is 5.32. The summed E-state index contributed by atoms with van der Waals surface area (Å²) in [6.45, 7) is 5.82. The summed E-state index contributed by atoms with van der Waals surface area (Å²) in [5, 5.41) is 0.150. The third kappa shape index (κ3) is 3.52. The zero-order chi connectivity index (χ0) is 10.5. The number of esters is 1. The molecule has 0 spiro atoms. The highest BCUT2D eigenvalue weighted by molar-refractivity contribution is 7.88. The van der Waals surface area contributed by atoms with Crippen molar-refractivity contribution in [1.29, 1.82) is 0 Å². The van der Waals surface area contributed by atoms with E-state index < -0.39 is 10.7 Å². The van der Waals surface area contributed by atoms with E-state index in [0.717, 1.165) is 0 Å². The Labute approximate surface area is 89.2 Å². The van der Waals surface area contributed by atoms with Crippen molar-refractivity contribution in [3.63, 3.8) is 0 Å². The van der Waals surface area contributed by atoms with Crippen LogP contribution in [0.2, 0.25) is 0 Å². The fourth-order valence-electron chi connectivity index (χ4n) is 0.627. The molecule has 0 rings (SSSR count). The van der Waals surface area contributed by atoms with Crippen molar-refractivity contribution in [3.8, 4) is 0 Å². The Morgan fingerprint density at radius 2 is 1.85 bits per heavy atom. The zero-order valence-corrected chi connectivity index (χ0v) is 9.71. The average Bonchev–Trinajstić information content (AvgIpc) is 2.05. The first-order valence-electron chi connectivity index (χ1n) is 4.03. The highest BCUT2D eigenvalue weighted by atomic mass is 32.1. The molecule has 0 N–H and O–H groups in total. The fourth-order valence-corrected chi connectivity index (χ4v) is 0.957. The van der Waals surface area contributed by atoms with Gasteiger partial charge < -0.3 is 9.47 Å². The summed E-state index contributed by atoms with van der Waals surface area (Å²) < 4.78 is 8.68. The molecule has 0 aromatic rings. The Morgan fingerprint density at radius 1 is 1.38 bits per heavy atom. The molecule has 0 fully saturated rings. The minimum Gasteiger partial charge on any atom is -0.485 e. The molecule has 1 unspecified atom stereocenters. The lowest BCUT2D eigenvalue weighted by Gasteiger charge is -2.21. The van der Waals surface area contributed by atoms with Crippen molar-refractivity contribution in [2.24, 2.45) is 0 Å². The SMILES string of the molecule is CCOC(=O)C(C)(S)C(=S)OCC. The highest BCUT2D eigenvalue weighted by Gasteiger charge is 2.36. The third-order valence-corrected chi connectivity index (χ3v) is 2.41. The standard InChI is InChI=1S/C8H14O3S2/c1-4-10-6(9)8(3,13)7(12)11-5-2/h13H,4-5H2,1-3H3. The second-order valence-electron chi connectivity index (χ2n) is 2.51. The fraction of sp³-hybridized carbons (Fsp3) is 0.750. The molecule has 5 heteroatoms. The summed E-state index contributed by atoms with van der Waals surface area (Å²) in [7, 11) is 0. The molecule has 0 saturated heterocycles. The smallest absolute Gasteiger partial charge is 0.330 e. The normalized spacial score (nSPS) is 14.5. The van der Waals surface area contributed by atoms with E-state index in [1.165, 1.54) is 0 Å². The number of carbonyl (C=O) groups is 1. The first-order valence-corrected chi connectivity index (χ1v) is 4.89. The van der Waals surface area contributed by atoms with Crippen LogP contribution in [0.5, 0.6) is 0 Å². The van der Waals surface area contributed by atoms with E-state index in [1.54, 1.807) is 20.8 Å². The van der Waals surface area contributed by atoms with Crippen LogP contribution in [0.1, 0.15) is 20.8 Å². The predicted octanol–water partition coefficient (Wildman–Crippen LogP) is 1.60. The molecule has 0 bridgehead atoms. The molecule has 0 aromatic heterocycles. The summed E-state index contributed by atoms with van der Waals surface area (Å²) in [4.78, 5) is 11.3. The predicted molar refractivity (Wildman–Crippen MR) is 58.2 cm³/mol. The third-order valence-electron chi connectivity index (χ3n) is 1.35. The molecule has 76 valence electrons. The number of thiocarbonyl (C=S) groups is 1. The Balaban J connectivity index is 4.36. The molecule has 0 aliphatic heterocycles. The van der Waals surface area contributed by atoms with Crippen LogP contribution < -0.4 is 0 Å². The number of hydrogen-bond donors (Lipinski definition) is 1. The number of thiol groups is 1. The van der Waals surface area contributed by atoms with Gasteiger partial charge in [-0.15, -0.1) is 0 Å². The average molecular weight is 222 g/mol. The van der Waals surface area contributed by atoms with Crippen molar-refractivity contribution in [3.05, 3.63) is 0 Å². The Bertz CT molecular complexity index is 182. The molecule has 0 heterocycles. The maximum atomic E-state index is 11.3. The van der Waals surface area contributed by atoms with Crippen LogP contribution in [0.15, 0.2) is 0 Å². The van der Waals surface area contributed by atoms with Crippen molar-refractivity contribution >= 4 is 35.9 Å². The number of ether oxygens (including phenoxy) is 2. The molecule has 0 aromatic carbocycles. The quantitative estimate of drug-likeness (QED) is 0.445. The first-order chi connectivity index (χ1) is 5.96. The van der Waals surface area contributed by atoms with E-state index in [4.69, 9.17) is 21.7 Å².